The highest BCUT2D eigenvalue weighted by atomic mass is 79.9. The van der Waals surface area contributed by atoms with Gasteiger partial charge in [0.2, 0.25) is 0 Å². The Balaban J connectivity index is 2.13. The van der Waals surface area contributed by atoms with Gasteiger partial charge in [0, 0.05) is 15.4 Å². The molecule has 1 heterocycles. The van der Waals surface area contributed by atoms with Crippen molar-refractivity contribution in [1.82, 2.24) is 4.98 Å². The van der Waals surface area contributed by atoms with Crippen LogP contribution in [0.2, 0.25) is 0 Å². The highest BCUT2D eigenvalue weighted by Crippen LogP contribution is 2.27. The molecule has 5 heteroatoms. The fraction of sp³-hybridized carbons (Fsp3) is 0.308. The molecule has 2 aromatic rings. The van der Waals surface area contributed by atoms with E-state index in [0.29, 0.717) is 17.8 Å². The first-order valence-electron chi connectivity index (χ1n) is 5.80. The Morgan fingerprint density at radius 2 is 2.17 bits per heavy atom. The molecule has 2 nitrogen and oxygen atoms in total. The first kappa shape index (κ1) is 13.6. The van der Waals surface area contributed by atoms with Crippen LogP contribution in [-0.2, 0) is 6.42 Å². The molecule has 0 saturated carbocycles. The fourth-order valence-electron chi connectivity index (χ4n) is 1.67. The number of aryl methyl sites for hydroxylation is 1. The van der Waals surface area contributed by atoms with Crippen molar-refractivity contribution in [2.24, 2.45) is 5.73 Å². The zero-order chi connectivity index (χ0) is 13.0. The van der Waals surface area contributed by atoms with Gasteiger partial charge >= 0.3 is 0 Å². The SMILES string of the molecule is NCCCCc1nc(-c2ccc(Br)cc2F)cs1. The molecular formula is C13H14BrFN2S. The van der Waals surface area contributed by atoms with E-state index in [2.05, 4.69) is 20.9 Å². The minimum Gasteiger partial charge on any atom is -0.330 e. The van der Waals surface area contributed by atoms with Crippen molar-refractivity contribution in [3.8, 4) is 11.3 Å². The van der Waals surface area contributed by atoms with Crippen LogP contribution in [0.4, 0.5) is 4.39 Å². The maximum atomic E-state index is 13.8. The molecule has 2 N–H and O–H groups in total. The molecule has 0 aliphatic rings. The molecule has 1 aromatic heterocycles. The second-order valence-electron chi connectivity index (χ2n) is 4.00. The normalized spacial score (nSPS) is 10.8. The number of thiazole rings is 1. The molecule has 96 valence electrons. The summed E-state index contributed by atoms with van der Waals surface area (Å²) >= 11 is 4.82. The molecule has 2 rings (SSSR count). The predicted octanol–water partition coefficient (Wildman–Crippen LogP) is 3.99. The zero-order valence-corrected chi connectivity index (χ0v) is 12.2. The molecule has 0 amide bonds. The summed E-state index contributed by atoms with van der Waals surface area (Å²) in [6.07, 6.45) is 2.95. The van der Waals surface area contributed by atoms with E-state index in [1.54, 1.807) is 17.4 Å². The van der Waals surface area contributed by atoms with E-state index < -0.39 is 0 Å². The number of rotatable bonds is 5. The van der Waals surface area contributed by atoms with Crippen LogP contribution in [0, 0.1) is 5.82 Å². The molecular weight excluding hydrogens is 315 g/mol. The van der Waals surface area contributed by atoms with Crippen molar-refractivity contribution >= 4 is 27.3 Å². The van der Waals surface area contributed by atoms with Gasteiger partial charge in [0.1, 0.15) is 5.82 Å². The van der Waals surface area contributed by atoms with Gasteiger partial charge < -0.3 is 5.73 Å². The highest BCUT2D eigenvalue weighted by molar-refractivity contribution is 9.10. The lowest BCUT2D eigenvalue weighted by Crippen LogP contribution is -1.98. The largest absolute Gasteiger partial charge is 0.330 e. The van der Waals surface area contributed by atoms with E-state index in [1.807, 2.05) is 11.4 Å². The summed E-state index contributed by atoms with van der Waals surface area (Å²) in [4.78, 5) is 4.47. The monoisotopic (exact) mass is 328 g/mol. The molecule has 0 spiro atoms. The van der Waals surface area contributed by atoms with E-state index in [-0.39, 0.29) is 5.82 Å². The quantitative estimate of drug-likeness (QED) is 0.843. The molecule has 18 heavy (non-hydrogen) atoms. The van der Waals surface area contributed by atoms with Crippen LogP contribution in [0.3, 0.4) is 0 Å². The maximum absolute atomic E-state index is 13.8. The number of hydrogen-bond donors (Lipinski definition) is 1. The lowest BCUT2D eigenvalue weighted by Gasteiger charge is -1.99. The predicted molar refractivity (Wildman–Crippen MR) is 77.2 cm³/mol. The maximum Gasteiger partial charge on any atom is 0.133 e. The smallest absolute Gasteiger partial charge is 0.133 e. The number of halogens is 2. The Morgan fingerprint density at radius 3 is 2.89 bits per heavy atom. The molecule has 0 saturated heterocycles. The van der Waals surface area contributed by atoms with Gasteiger partial charge in [0.15, 0.2) is 0 Å². The van der Waals surface area contributed by atoms with Gasteiger partial charge in [-0.1, -0.05) is 15.9 Å². The number of benzene rings is 1. The standard InChI is InChI=1S/C13H14BrFN2S/c14-9-4-5-10(11(15)7-9)12-8-18-13(17-12)3-1-2-6-16/h4-5,7-8H,1-3,6,16H2. The molecule has 0 atom stereocenters. The molecule has 0 aliphatic heterocycles. The van der Waals surface area contributed by atoms with Crippen molar-refractivity contribution in [1.29, 1.82) is 0 Å². The number of aromatic nitrogens is 1. The Kier molecular flexibility index (Phi) is 4.86. The van der Waals surface area contributed by atoms with Gasteiger partial charge in [-0.3, -0.25) is 0 Å². The third-order valence-corrected chi connectivity index (χ3v) is 4.01. The van der Waals surface area contributed by atoms with Crippen LogP contribution in [0.15, 0.2) is 28.1 Å². The Morgan fingerprint density at radius 1 is 1.33 bits per heavy atom. The van der Waals surface area contributed by atoms with Crippen molar-refractivity contribution in [2.75, 3.05) is 6.54 Å². The topological polar surface area (TPSA) is 38.9 Å². The Bertz CT molecular complexity index is 527. The summed E-state index contributed by atoms with van der Waals surface area (Å²) in [5.41, 5.74) is 6.72. The second kappa shape index (κ2) is 6.41. The summed E-state index contributed by atoms with van der Waals surface area (Å²) in [7, 11) is 0. The van der Waals surface area contributed by atoms with Crippen molar-refractivity contribution < 1.29 is 4.39 Å². The van der Waals surface area contributed by atoms with Gasteiger partial charge in [-0.05, 0) is 44.0 Å². The Labute approximate surface area is 118 Å². The molecule has 0 aliphatic carbocycles. The van der Waals surface area contributed by atoms with Gasteiger partial charge in [0.05, 0.1) is 10.7 Å². The summed E-state index contributed by atoms with van der Waals surface area (Å²) in [5, 5.41) is 2.95. The molecule has 0 radical (unpaired) electrons. The van der Waals surface area contributed by atoms with E-state index in [1.165, 1.54) is 6.07 Å². The minimum absolute atomic E-state index is 0.247. The lowest BCUT2D eigenvalue weighted by molar-refractivity contribution is 0.630. The van der Waals surface area contributed by atoms with Crippen molar-refractivity contribution in [3.63, 3.8) is 0 Å². The second-order valence-corrected chi connectivity index (χ2v) is 5.85. The van der Waals surface area contributed by atoms with Gasteiger partial charge in [-0.15, -0.1) is 11.3 Å². The van der Waals surface area contributed by atoms with E-state index in [4.69, 9.17) is 5.73 Å². The summed E-state index contributed by atoms with van der Waals surface area (Å²) in [6, 6.07) is 5.03. The fourth-order valence-corrected chi connectivity index (χ4v) is 2.84. The van der Waals surface area contributed by atoms with Crippen LogP contribution in [0.1, 0.15) is 17.8 Å². The first-order valence-corrected chi connectivity index (χ1v) is 7.48. The van der Waals surface area contributed by atoms with Gasteiger partial charge in [0.25, 0.3) is 0 Å². The third kappa shape index (κ3) is 3.37. The van der Waals surface area contributed by atoms with Crippen LogP contribution >= 0.6 is 27.3 Å². The van der Waals surface area contributed by atoms with Crippen molar-refractivity contribution in [3.05, 3.63) is 38.9 Å². The lowest BCUT2D eigenvalue weighted by atomic mass is 10.1. The summed E-state index contributed by atoms with van der Waals surface area (Å²) in [5.74, 6) is -0.247. The highest BCUT2D eigenvalue weighted by Gasteiger charge is 2.09. The van der Waals surface area contributed by atoms with E-state index in [0.717, 1.165) is 28.7 Å². The average molecular weight is 329 g/mol. The van der Waals surface area contributed by atoms with Gasteiger partial charge in [-0.25, -0.2) is 9.37 Å². The van der Waals surface area contributed by atoms with Gasteiger partial charge in [-0.2, -0.15) is 0 Å². The van der Waals surface area contributed by atoms with Crippen molar-refractivity contribution in [2.45, 2.75) is 19.3 Å². The average Bonchev–Trinajstić information content (AvgIpc) is 2.78. The molecule has 0 unspecified atom stereocenters. The number of nitrogens with zero attached hydrogens (tertiary/aromatic N) is 1. The van der Waals surface area contributed by atoms with Crippen LogP contribution < -0.4 is 5.73 Å². The third-order valence-electron chi connectivity index (χ3n) is 2.60. The zero-order valence-electron chi connectivity index (χ0n) is 9.83. The Hall–Kier alpha value is -0.780. The first-order chi connectivity index (χ1) is 8.70. The van der Waals surface area contributed by atoms with Crippen LogP contribution in [0.25, 0.3) is 11.3 Å². The molecule has 0 bridgehead atoms. The number of nitrogens with two attached hydrogens (primary N) is 1. The number of hydrogen-bond acceptors (Lipinski definition) is 3. The summed E-state index contributed by atoms with van der Waals surface area (Å²) < 4.78 is 14.5. The van der Waals surface area contributed by atoms with Crippen LogP contribution in [-0.4, -0.2) is 11.5 Å². The van der Waals surface area contributed by atoms with Crippen LogP contribution in [0.5, 0.6) is 0 Å². The number of unbranched alkanes of at least 4 members (excludes halogenated alkanes) is 1. The van der Waals surface area contributed by atoms with E-state index in [9.17, 15) is 4.39 Å². The minimum atomic E-state index is -0.247. The summed E-state index contributed by atoms with van der Waals surface area (Å²) in [6.45, 7) is 0.708. The molecule has 1 aromatic carbocycles. The van der Waals surface area contributed by atoms with E-state index >= 15 is 0 Å². The molecule has 0 fully saturated rings.